The molecule has 0 aliphatic carbocycles. The molecule has 0 aromatic heterocycles. The number of rotatable bonds is 7. The SMILES string of the molecule is COc1ccc(NC(=O)CCCSC2COC2)c(N)c1. The maximum absolute atomic E-state index is 11.8. The van der Waals surface area contributed by atoms with Crippen LogP contribution >= 0.6 is 11.8 Å². The monoisotopic (exact) mass is 296 g/mol. The Kier molecular flexibility index (Phi) is 5.55. The van der Waals surface area contributed by atoms with Crippen LogP contribution in [0.2, 0.25) is 0 Å². The summed E-state index contributed by atoms with van der Waals surface area (Å²) in [5.74, 6) is 1.66. The van der Waals surface area contributed by atoms with Crippen LogP contribution in [-0.4, -0.2) is 37.2 Å². The van der Waals surface area contributed by atoms with Crippen LogP contribution in [0, 0.1) is 0 Å². The molecule has 20 heavy (non-hydrogen) atoms. The van der Waals surface area contributed by atoms with Crippen LogP contribution in [0.5, 0.6) is 5.75 Å². The van der Waals surface area contributed by atoms with E-state index in [2.05, 4.69) is 5.32 Å². The van der Waals surface area contributed by atoms with E-state index in [1.165, 1.54) is 0 Å². The Balaban J connectivity index is 1.70. The number of hydrogen-bond donors (Lipinski definition) is 2. The smallest absolute Gasteiger partial charge is 0.224 e. The van der Waals surface area contributed by atoms with E-state index in [0.29, 0.717) is 28.8 Å². The lowest BCUT2D eigenvalue weighted by atomic mass is 10.2. The molecule has 1 aliphatic heterocycles. The lowest BCUT2D eigenvalue weighted by Gasteiger charge is -2.25. The van der Waals surface area contributed by atoms with Crippen molar-refractivity contribution >= 4 is 29.0 Å². The van der Waals surface area contributed by atoms with E-state index in [0.717, 1.165) is 25.4 Å². The Labute approximate surface area is 123 Å². The van der Waals surface area contributed by atoms with Crippen molar-refractivity contribution in [2.24, 2.45) is 0 Å². The number of nitrogen functional groups attached to an aromatic ring is 1. The minimum Gasteiger partial charge on any atom is -0.497 e. The minimum atomic E-state index is -0.00711. The Morgan fingerprint density at radius 1 is 1.55 bits per heavy atom. The van der Waals surface area contributed by atoms with Gasteiger partial charge in [0.25, 0.3) is 0 Å². The van der Waals surface area contributed by atoms with Crippen LogP contribution in [0.1, 0.15) is 12.8 Å². The van der Waals surface area contributed by atoms with Crippen LogP contribution in [0.4, 0.5) is 11.4 Å². The van der Waals surface area contributed by atoms with Gasteiger partial charge in [0.1, 0.15) is 5.75 Å². The average molecular weight is 296 g/mol. The molecule has 1 aromatic carbocycles. The maximum atomic E-state index is 11.8. The van der Waals surface area contributed by atoms with Crippen molar-refractivity contribution in [3.05, 3.63) is 18.2 Å². The molecule has 6 heteroatoms. The first-order chi connectivity index (χ1) is 9.69. The molecule has 0 spiro atoms. The van der Waals surface area contributed by atoms with Crippen molar-refractivity contribution in [3.63, 3.8) is 0 Å². The van der Waals surface area contributed by atoms with E-state index in [1.54, 1.807) is 25.3 Å². The number of nitrogens with two attached hydrogens (primary N) is 1. The highest BCUT2D eigenvalue weighted by atomic mass is 32.2. The molecule has 3 N–H and O–H groups in total. The minimum absolute atomic E-state index is 0.00711. The molecule has 1 aliphatic rings. The van der Waals surface area contributed by atoms with Gasteiger partial charge in [-0.2, -0.15) is 11.8 Å². The number of hydrogen-bond acceptors (Lipinski definition) is 5. The lowest BCUT2D eigenvalue weighted by Crippen LogP contribution is -2.30. The maximum Gasteiger partial charge on any atom is 0.224 e. The van der Waals surface area contributed by atoms with Gasteiger partial charge in [-0.3, -0.25) is 4.79 Å². The van der Waals surface area contributed by atoms with Gasteiger partial charge in [0.2, 0.25) is 5.91 Å². The summed E-state index contributed by atoms with van der Waals surface area (Å²) in [6.07, 6.45) is 1.37. The third-order valence-electron chi connectivity index (χ3n) is 3.04. The number of nitrogens with one attached hydrogen (secondary N) is 1. The Bertz CT molecular complexity index is 464. The molecular weight excluding hydrogens is 276 g/mol. The van der Waals surface area contributed by atoms with Crippen molar-refractivity contribution in [2.75, 3.05) is 37.1 Å². The molecule has 110 valence electrons. The number of ether oxygens (including phenoxy) is 2. The molecule has 1 aromatic rings. The van der Waals surface area contributed by atoms with Gasteiger partial charge in [0.05, 0.1) is 36.9 Å². The largest absolute Gasteiger partial charge is 0.497 e. The van der Waals surface area contributed by atoms with Gasteiger partial charge >= 0.3 is 0 Å². The summed E-state index contributed by atoms with van der Waals surface area (Å²) < 4.78 is 10.2. The fourth-order valence-corrected chi connectivity index (χ4v) is 2.82. The molecule has 2 rings (SSSR count). The van der Waals surface area contributed by atoms with E-state index < -0.39 is 0 Å². The highest BCUT2D eigenvalue weighted by Gasteiger charge is 2.18. The number of carbonyl (C=O) groups excluding carboxylic acids is 1. The first-order valence-corrected chi connectivity index (χ1v) is 7.66. The van der Waals surface area contributed by atoms with Gasteiger partial charge in [0.15, 0.2) is 0 Å². The molecule has 0 saturated carbocycles. The number of methoxy groups -OCH3 is 1. The van der Waals surface area contributed by atoms with Crippen LogP contribution < -0.4 is 15.8 Å². The first-order valence-electron chi connectivity index (χ1n) is 6.61. The zero-order chi connectivity index (χ0) is 14.4. The Morgan fingerprint density at radius 3 is 2.95 bits per heavy atom. The first kappa shape index (κ1) is 15.0. The van der Waals surface area contributed by atoms with Gasteiger partial charge in [-0.05, 0) is 24.3 Å². The summed E-state index contributed by atoms with van der Waals surface area (Å²) in [6, 6.07) is 5.23. The molecular formula is C14H20N2O3S. The van der Waals surface area contributed by atoms with E-state index >= 15 is 0 Å². The fourth-order valence-electron chi connectivity index (χ4n) is 1.79. The van der Waals surface area contributed by atoms with Crippen LogP contribution in [0.3, 0.4) is 0 Å². The van der Waals surface area contributed by atoms with Gasteiger partial charge < -0.3 is 20.5 Å². The Hall–Kier alpha value is -1.40. The Morgan fingerprint density at radius 2 is 2.35 bits per heavy atom. The van der Waals surface area contributed by atoms with E-state index in [4.69, 9.17) is 15.2 Å². The molecule has 0 atom stereocenters. The molecule has 1 amide bonds. The molecule has 1 fully saturated rings. The van der Waals surface area contributed by atoms with Crippen molar-refractivity contribution in [1.29, 1.82) is 0 Å². The molecule has 0 bridgehead atoms. The number of carbonyl (C=O) groups is 1. The van der Waals surface area contributed by atoms with E-state index in [1.807, 2.05) is 11.8 Å². The molecule has 1 saturated heterocycles. The predicted octanol–water partition coefficient (Wildman–Crippen LogP) is 2.13. The molecule has 0 radical (unpaired) electrons. The summed E-state index contributed by atoms with van der Waals surface area (Å²) >= 11 is 1.87. The zero-order valence-corrected chi connectivity index (χ0v) is 12.4. The molecule has 5 nitrogen and oxygen atoms in total. The normalized spacial score (nSPS) is 14.7. The van der Waals surface area contributed by atoms with Crippen LogP contribution in [0.25, 0.3) is 0 Å². The standard InChI is InChI=1S/C14H20N2O3S/c1-18-10-4-5-13(12(15)7-10)16-14(17)3-2-6-20-11-8-19-9-11/h4-5,7,11H,2-3,6,8-9,15H2,1H3,(H,16,17). The second kappa shape index (κ2) is 7.40. The summed E-state index contributed by atoms with van der Waals surface area (Å²) in [5, 5.41) is 3.44. The van der Waals surface area contributed by atoms with Crippen molar-refractivity contribution in [2.45, 2.75) is 18.1 Å². The number of amides is 1. The second-order valence-electron chi connectivity index (χ2n) is 4.64. The third kappa shape index (κ3) is 4.31. The van der Waals surface area contributed by atoms with Gasteiger partial charge in [-0.1, -0.05) is 0 Å². The number of thioether (sulfide) groups is 1. The third-order valence-corrected chi connectivity index (χ3v) is 4.31. The highest BCUT2D eigenvalue weighted by molar-refractivity contribution is 8.00. The number of anilines is 2. The molecule has 1 heterocycles. The fraction of sp³-hybridized carbons (Fsp3) is 0.500. The average Bonchev–Trinajstić information content (AvgIpc) is 2.38. The van der Waals surface area contributed by atoms with Crippen LogP contribution in [-0.2, 0) is 9.53 Å². The zero-order valence-electron chi connectivity index (χ0n) is 11.6. The summed E-state index contributed by atoms with van der Waals surface area (Å²) in [4.78, 5) is 11.8. The van der Waals surface area contributed by atoms with Gasteiger partial charge in [-0.15, -0.1) is 0 Å². The predicted molar refractivity (Wildman–Crippen MR) is 82.3 cm³/mol. The van der Waals surface area contributed by atoms with E-state index in [9.17, 15) is 4.79 Å². The molecule has 0 unspecified atom stereocenters. The van der Waals surface area contributed by atoms with Crippen molar-refractivity contribution in [1.82, 2.24) is 0 Å². The lowest BCUT2D eigenvalue weighted by molar-refractivity contribution is -0.116. The quantitative estimate of drug-likeness (QED) is 0.595. The van der Waals surface area contributed by atoms with Gasteiger partial charge in [0, 0.05) is 12.5 Å². The topological polar surface area (TPSA) is 73.6 Å². The van der Waals surface area contributed by atoms with Crippen molar-refractivity contribution in [3.8, 4) is 5.75 Å². The second-order valence-corrected chi connectivity index (χ2v) is 6.04. The number of benzene rings is 1. The van der Waals surface area contributed by atoms with Crippen LogP contribution in [0.15, 0.2) is 18.2 Å². The summed E-state index contributed by atoms with van der Waals surface area (Å²) in [5.41, 5.74) is 7.00. The summed E-state index contributed by atoms with van der Waals surface area (Å²) in [6.45, 7) is 1.69. The van der Waals surface area contributed by atoms with Gasteiger partial charge in [-0.25, -0.2) is 0 Å². The van der Waals surface area contributed by atoms with Crippen molar-refractivity contribution < 1.29 is 14.3 Å². The van der Waals surface area contributed by atoms with E-state index in [-0.39, 0.29) is 5.91 Å². The summed E-state index contributed by atoms with van der Waals surface area (Å²) in [7, 11) is 1.58. The highest BCUT2D eigenvalue weighted by Crippen LogP contribution is 2.24.